The Kier molecular flexibility index (Phi) is 7.85. The van der Waals surface area contributed by atoms with Crippen molar-refractivity contribution in [1.82, 2.24) is 0 Å². The molecular formula is C27H29NO7. The lowest BCUT2D eigenvalue weighted by atomic mass is 9.89. The number of benzene rings is 2. The third-order valence-electron chi connectivity index (χ3n) is 6.58. The molecule has 8 heteroatoms. The van der Waals surface area contributed by atoms with E-state index in [1.54, 1.807) is 18.2 Å². The lowest BCUT2D eigenvalue weighted by molar-refractivity contribution is -0.231. The first-order valence-corrected chi connectivity index (χ1v) is 11.6. The van der Waals surface area contributed by atoms with E-state index in [0.717, 1.165) is 11.1 Å². The topological polar surface area (TPSA) is 143 Å². The number of nitrogens with zero attached hydrogens (tertiary/aromatic N) is 1. The van der Waals surface area contributed by atoms with Crippen molar-refractivity contribution in [3.05, 3.63) is 70.3 Å². The summed E-state index contributed by atoms with van der Waals surface area (Å²) in [7, 11) is 0. The molecule has 4 rings (SSSR count). The van der Waals surface area contributed by atoms with Crippen LogP contribution in [0.5, 0.6) is 0 Å². The first-order chi connectivity index (χ1) is 16.8. The molecule has 2 aromatic rings. The molecule has 0 amide bonds. The van der Waals surface area contributed by atoms with Crippen LogP contribution in [0, 0.1) is 23.2 Å². The molecule has 0 saturated carbocycles. The molecule has 0 aliphatic carbocycles. The fourth-order valence-electron chi connectivity index (χ4n) is 4.37. The van der Waals surface area contributed by atoms with Crippen LogP contribution in [0.2, 0.25) is 0 Å². The van der Waals surface area contributed by atoms with Gasteiger partial charge in [-0.3, -0.25) is 0 Å². The number of aliphatic hydroxyl groups is 5. The highest BCUT2D eigenvalue weighted by Gasteiger charge is 2.44. The van der Waals surface area contributed by atoms with E-state index >= 15 is 0 Å². The molecule has 0 aromatic heterocycles. The summed E-state index contributed by atoms with van der Waals surface area (Å²) < 4.78 is 10.9. The Labute approximate surface area is 204 Å². The minimum absolute atomic E-state index is 0.434. The van der Waals surface area contributed by atoms with E-state index in [9.17, 15) is 30.8 Å². The highest BCUT2D eigenvalue weighted by molar-refractivity contribution is 5.45. The van der Waals surface area contributed by atoms with E-state index in [0.29, 0.717) is 49.2 Å². The van der Waals surface area contributed by atoms with Crippen molar-refractivity contribution in [2.75, 3.05) is 19.8 Å². The maximum absolute atomic E-state index is 10.5. The zero-order chi connectivity index (χ0) is 25.0. The van der Waals surface area contributed by atoms with Crippen LogP contribution in [-0.4, -0.2) is 75.4 Å². The lowest BCUT2D eigenvalue weighted by Gasteiger charge is -2.40. The monoisotopic (exact) mass is 479 g/mol. The molecule has 0 spiro atoms. The number of ether oxygens (including phenoxy) is 2. The van der Waals surface area contributed by atoms with Crippen LogP contribution in [-0.2, 0) is 15.9 Å². The van der Waals surface area contributed by atoms with Gasteiger partial charge in [-0.2, -0.15) is 5.26 Å². The number of aliphatic hydroxyl groups excluding tert-OH is 4. The Bertz CT molecular complexity index is 1120. The molecule has 184 valence electrons. The second kappa shape index (κ2) is 10.9. The van der Waals surface area contributed by atoms with Gasteiger partial charge in [0.2, 0.25) is 0 Å². The first kappa shape index (κ1) is 25.3. The van der Waals surface area contributed by atoms with Gasteiger partial charge in [-0.15, -0.1) is 0 Å². The van der Waals surface area contributed by atoms with Gasteiger partial charge >= 0.3 is 0 Å². The second-order valence-corrected chi connectivity index (χ2v) is 9.05. The third-order valence-corrected chi connectivity index (χ3v) is 6.58. The SMILES string of the molecule is N#Cc1ccc([C@@H]2O[C@H](CO)[C@@H](O)[C@H](O)C2O)cc1Cc1ccc(C#CC2(O)CCOCC2)cc1. The smallest absolute Gasteiger partial charge is 0.130 e. The molecule has 0 bridgehead atoms. The highest BCUT2D eigenvalue weighted by Crippen LogP contribution is 2.33. The molecule has 5 N–H and O–H groups in total. The fraction of sp³-hybridized carbons (Fsp3) is 0.444. The summed E-state index contributed by atoms with van der Waals surface area (Å²) in [5, 5.41) is 60.2. The minimum atomic E-state index is -1.47. The lowest BCUT2D eigenvalue weighted by Crippen LogP contribution is -2.55. The van der Waals surface area contributed by atoms with Gasteiger partial charge in [0.25, 0.3) is 0 Å². The first-order valence-electron chi connectivity index (χ1n) is 11.6. The van der Waals surface area contributed by atoms with Crippen LogP contribution in [0.1, 0.15) is 46.8 Å². The van der Waals surface area contributed by atoms with Crippen LogP contribution >= 0.6 is 0 Å². The van der Waals surface area contributed by atoms with Gasteiger partial charge in [0.15, 0.2) is 0 Å². The fourth-order valence-corrected chi connectivity index (χ4v) is 4.37. The van der Waals surface area contributed by atoms with Crippen molar-refractivity contribution < 1.29 is 35.0 Å². The number of hydrogen-bond acceptors (Lipinski definition) is 8. The van der Waals surface area contributed by atoms with Gasteiger partial charge in [0.05, 0.1) is 31.5 Å². The normalized spacial score (nSPS) is 27.9. The van der Waals surface area contributed by atoms with Gasteiger partial charge in [0.1, 0.15) is 36.1 Å². The maximum atomic E-state index is 10.5. The van der Waals surface area contributed by atoms with Crippen LogP contribution in [0.15, 0.2) is 42.5 Å². The molecule has 2 saturated heterocycles. The average molecular weight is 480 g/mol. The van der Waals surface area contributed by atoms with E-state index in [1.807, 2.05) is 24.3 Å². The van der Waals surface area contributed by atoms with Crippen LogP contribution < -0.4 is 0 Å². The van der Waals surface area contributed by atoms with E-state index in [1.165, 1.54) is 0 Å². The van der Waals surface area contributed by atoms with E-state index in [-0.39, 0.29) is 0 Å². The zero-order valence-electron chi connectivity index (χ0n) is 19.2. The van der Waals surface area contributed by atoms with Crippen LogP contribution in [0.25, 0.3) is 0 Å². The van der Waals surface area contributed by atoms with Gasteiger partial charge in [-0.05, 0) is 41.3 Å². The third kappa shape index (κ3) is 5.72. The molecule has 5 atom stereocenters. The molecule has 8 nitrogen and oxygen atoms in total. The maximum Gasteiger partial charge on any atom is 0.130 e. The summed E-state index contributed by atoms with van der Waals surface area (Å²) >= 11 is 0. The summed E-state index contributed by atoms with van der Waals surface area (Å²) in [6.07, 6.45) is -4.87. The van der Waals surface area contributed by atoms with Gasteiger partial charge in [0, 0.05) is 18.4 Å². The molecule has 2 fully saturated rings. The number of hydrogen-bond donors (Lipinski definition) is 5. The second-order valence-electron chi connectivity index (χ2n) is 9.05. The van der Waals surface area contributed by atoms with Gasteiger partial charge in [-0.1, -0.05) is 36.1 Å². The average Bonchev–Trinajstić information content (AvgIpc) is 2.87. The number of nitriles is 1. The van der Waals surface area contributed by atoms with Crippen molar-refractivity contribution in [1.29, 1.82) is 5.26 Å². The molecule has 2 aromatic carbocycles. The standard InChI is InChI=1S/C27H29NO7/c28-15-20-6-5-19(26-25(32)24(31)23(30)22(16-29)35-26)14-21(20)13-18-3-1-17(2-4-18)7-8-27(33)9-11-34-12-10-27/h1-6,14,22-26,29-33H,9-13,16H2/t22-,23-,24+,25?,26+/m1/s1. The van der Waals surface area contributed by atoms with Gasteiger partial charge in [-0.25, -0.2) is 0 Å². The Hall–Kier alpha value is -2.79. The van der Waals surface area contributed by atoms with Crippen molar-refractivity contribution in [3.8, 4) is 17.9 Å². The molecule has 35 heavy (non-hydrogen) atoms. The van der Waals surface area contributed by atoms with E-state index in [2.05, 4.69) is 17.9 Å². The molecule has 2 aliphatic rings. The Morgan fingerprint density at radius 3 is 2.34 bits per heavy atom. The van der Waals surface area contributed by atoms with E-state index in [4.69, 9.17) is 9.47 Å². The molecule has 2 aliphatic heterocycles. The van der Waals surface area contributed by atoms with Gasteiger partial charge < -0.3 is 35.0 Å². The van der Waals surface area contributed by atoms with Crippen molar-refractivity contribution >= 4 is 0 Å². The summed E-state index contributed by atoms with van der Waals surface area (Å²) in [6, 6.07) is 14.7. The van der Waals surface area contributed by atoms with Crippen molar-refractivity contribution in [2.24, 2.45) is 0 Å². The molecular weight excluding hydrogens is 450 g/mol. The quantitative estimate of drug-likeness (QED) is 0.400. The Balaban J connectivity index is 1.52. The van der Waals surface area contributed by atoms with Crippen LogP contribution in [0.4, 0.5) is 0 Å². The Morgan fingerprint density at radius 1 is 0.971 bits per heavy atom. The highest BCUT2D eigenvalue weighted by atomic mass is 16.5. The number of rotatable bonds is 4. The van der Waals surface area contributed by atoms with E-state index < -0.39 is 42.7 Å². The Morgan fingerprint density at radius 2 is 1.69 bits per heavy atom. The molecule has 2 heterocycles. The largest absolute Gasteiger partial charge is 0.394 e. The van der Waals surface area contributed by atoms with Crippen molar-refractivity contribution in [3.63, 3.8) is 0 Å². The predicted molar refractivity (Wildman–Crippen MR) is 125 cm³/mol. The summed E-state index contributed by atoms with van der Waals surface area (Å²) in [4.78, 5) is 0. The summed E-state index contributed by atoms with van der Waals surface area (Å²) in [6.45, 7) is 0.478. The van der Waals surface area contributed by atoms with Crippen molar-refractivity contribution in [2.45, 2.75) is 55.4 Å². The predicted octanol–water partition coefficient (Wildman–Crippen LogP) is 0.557. The molecule has 0 radical (unpaired) electrons. The van der Waals surface area contributed by atoms with Crippen LogP contribution in [0.3, 0.4) is 0 Å². The summed E-state index contributed by atoms with van der Waals surface area (Å²) in [5.41, 5.74) is 2.38. The molecule has 1 unspecified atom stereocenters. The minimum Gasteiger partial charge on any atom is -0.394 e. The summed E-state index contributed by atoms with van der Waals surface area (Å²) in [5.74, 6) is 5.98. The zero-order valence-corrected chi connectivity index (χ0v) is 19.2.